The smallest absolute Gasteiger partial charge is 0.407 e. The largest absolute Gasteiger partial charge is 0.476 e. The van der Waals surface area contributed by atoms with Crippen LogP contribution in [0.5, 0.6) is 0 Å². The number of carboxylic acids is 1. The summed E-state index contributed by atoms with van der Waals surface area (Å²) in [4.78, 5) is 35.5. The molecule has 3 N–H and O–H groups in total. The number of ether oxygens (including phenoxy) is 1. The van der Waals surface area contributed by atoms with Gasteiger partial charge in [0.1, 0.15) is 6.61 Å². The van der Waals surface area contributed by atoms with Crippen LogP contribution >= 0.6 is 0 Å². The Morgan fingerprint density at radius 1 is 1.06 bits per heavy atom. The molecule has 1 heterocycles. The number of amides is 2. The fourth-order valence-corrected chi connectivity index (χ4v) is 4.26. The van der Waals surface area contributed by atoms with Gasteiger partial charge < -0.3 is 25.0 Å². The summed E-state index contributed by atoms with van der Waals surface area (Å²) in [5.41, 5.74) is 4.41. The van der Waals surface area contributed by atoms with Gasteiger partial charge >= 0.3 is 12.1 Å². The molecule has 1 aliphatic rings. The molecule has 0 saturated carbocycles. The molecular formula is C26H27N3O6. The van der Waals surface area contributed by atoms with E-state index in [2.05, 4.69) is 40.1 Å². The summed E-state index contributed by atoms with van der Waals surface area (Å²) in [5.74, 6) is -1.28. The number of nitrogens with one attached hydrogen (secondary N) is 2. The molecule has 1 aliphatic carbocycles. The number of aromatic carboxylic acids is 1. The Hall–Kier alpha value is -4.14. The molecule has 2 aromatic carbocycles. The van der Waals surface area contributed by atoms with E-state index in [0.717, 1.165) is 11.1 Å². The number of rotatable bonds is 10. The number of carbonyl (C=O) groups is 3. The average Bonchev–Trinajstić information content (AvgIpc) is 3.47. The standard InChI is InChI=1S/C26H27N3O6/c1-2-16(11-24(30)27-14-17-12-23(25(31)32)29-35-17)13-28-26(33)34-15-22-20-9-5-3-7-18(20)19-8-4-6-10-21(19)22/h3-10,12,16,22H,2,11,13-15H2,1H3,(H,27,30)(H,28,33)(H,31,32). The molecule has 3 aromatic rings. The van der Waals surface area contributed by atoms with E-state index in [9.17, 15) is 14.4 Å². The summed E-state index contributed by atoms with van der Waals surface area (Å²) in [6.07, 6.45) is 0.358. The molecule has 4 rings (SSSR count). The maximum atomic E-state index is 12.4. The van der Waals surface area contributed by atoms with Gasteiger partial charge in [0.05, 0.1) is 6.54 Å². The molecule has 2 amide bonds. The maximum Gasteiger partial charge on any atom is 0.407 e. The first-order valence-electron chi connectivity index (χ1n) is 11.5. The van der Waals surface area contributed by atoms with Crippen LogP contribution in [-0.2, 0) is 16.1 Å². The van der Waals surface area contributed by atoms with Crippen LogP contribution in [-0.4, -0.2) is 41.4 Å². The Morgan fingerprint density at radius 3 is 2.31 bits per heavy atom. The van der Waals surface area contributed by atoms with Crippen LogP contribution in [0.2, 0.25) is 0 Å². The van der Waals surface area contributed by atoms with Crippen molar-refractivity contribution in [3.8, 4) is 11.1 Å². The Labute approximate surface area is 202 Å². The molecule has 0 aliphatic heterocycles. The molecule has 0 saturated heterocycles. The summed E-state index contributed by atoms with van der Waals surface area (Å²) in [7, 11) is 0. The van der Waals surface area contributed by atoms with Gasteiger partial charge in [0.15, 0.2) is 11.5 Å². The van der Waals surface area contributed by atoms with E-state index in [0.29, 0.717) is 13.0 Å². The number of fused-ring (bicyclic) bond motifs is 3. The predicted octanol–water partition coefficient (Wildman–Crippen LogP) is 3.94. The highest BCUT2D eigenvalue weighted by molar-refractivity contribution is 5.85. The van der Waals surface area contributed by atoms with Gasteiger partial charge in [-0.15, -0.1) is 0 Å². The number of benzene rings is 2. The third-order valence-corrected chi connectivity index (χ3v) is 6.17. The second-order valence-corrected chi connectivity index (χ2v) is 8.45. The van der Waals surface area contributed by atoms with Crippen LogP contribution < -0.4 is 10.6 Å². The number of alkyl carbamates (subject to hydrolysis) is 1. The van der Waals surface area contributed by atoms with Crippen molar-refractivity contribution in [3.63, 3.8) is 0 Å². The molecule has 9 heteroatoms. The second kappa shape index (κ2) is 10.9. The molecule has 182 valence electrons. The summed E-state index contributed by atoms with van der Waals surface area (Å²) in [6, 6.07) is 17.5. The number of carbonyl (C=O) groups excluding carboxylic acids is 2. The number of nitrogens with zero attached hydrogens (tertiary/aromatic N) is 1. The molecule has 1 unspecified atom stereocenters. The first-order chi connectivity index (χ1) is 17.0. The minimum absolute atomic E-state index is 0.0152. The van der Waals surface area contributed by atoms with Gasteiger partial charge in [-0.1, -0.05) is 67.0 Å². The van der Waals surface area contributed by atoms with E-state index in [1.54, 1.807) is 0 Å². The fraction of sp³-hybridized carbons (Fsp3) is 0.308. The SMILES string of the molecule is CCC(CNC(=O)OCC1c2ccccc2-c2ccccc21)CC(=O)NCc1cc(C(=O)O)no1. The zero-order valence-electron chi connectivity index (χ0n) is 19.3. The van der Waals surface area contributed by atoms with E-state index < -0.39 is 12.1 Å². The maximum absolute atomic E-state index is 12.4. The molecule has 1 aromatic heterocycles. The average molecular weight is 478 g/mol. The zero-order chi connectivity index (χ0) is 24.8. The van der Waals surface area contributed by atoms with E-state index in [-0.39, 0.29) is 48.8 Å². The molecule has 9 nitrogen and oxygen atoms in total. The van der Waals surface area contributed by atoms with Gasteiger partial charge in [0, 0.05) is 24.9 Å². The summed E-state index contributed by atoms with van der Waals surface area (Å²) in [6.45, 7) is 2.50. The Kier molecular flexibility index (Phi) is 7.45. The lowest BCUT2D eigenvalue weighted by molar-refractivity contribution is -0.122. The van der Waals surface area contributed by atoms with Crippen molar-refractivity contribution < 1.29 is 28.8 Å². The number of carboxylic acid groups (broad SMARTS) is 1. The van der Waals surface area contributed by atoms with Crippen molar-refractivity contribution in [1.29, 1.82) is 0 Å². The topological polar surface area (TPSA) is 131 Å². The minimum atomic E-state index is -1.20. The van der Waals surface area contributed by atoms with E-state index in [4.69, 9.17) is 14.4 Å². The van der Waals surface area contributed by atoms with Crippen molar-refractivity contribution in [2.45, 2.75) is 32.2 Å². The van der Waals surface area contributed by atoms with Crippen molar-refractivity contribution in [3.05, 3.63) is 77.2 Å². The van der Waals surface area contributed by atoms with E-state index in [1.165, 1.54) is 17.2 Å². The predicted molar refractivity (Wildman–Crippen MR) is 127 cm³/mol. The van der Waals surface area contributed by atoms with Gasteiger partial charge in [0.25, 0.3) is 0 Å². The van der Waals surface area contributed by atoms with Crippen LogP contribution in [0.25, 0.3) is 11.1 Å². The molecule has 1 atom stereocenters. The second-order valence-electron chi connectivity index (χ2n) is 8.45. The summed E-state index contributed by atoms with van der Waals surface area (Å²) >= 11 is 0. The number of hydrogen-bond donors (Lipinski definition) is 3. The van der Waals surface area contributed by atoms with E-state index in [1.807, 2.05) is 31.2 Å². The number of aromatic nitrogens is 1. The summed E-state index contributed by atoms with van der Waals surface area (Å²) in [5, 5.41) is 17.7. The lowest BCUT2D eigenvalue weighted by Crippen LogP contribution is -2.33. The fourth-order valence-electron chi connectivity index (χ4n) is 4.26. The van der Waals surface area contributed by atoms with Crippen molar-refractivity contribution in [2.75, 3.05) is 13.2 Å². The van der Waals surface area contributed by atoms with Crippen molar-refractivity contribution in [2.24, 2.45) is 5.92 Å². The number of hydrogen-bond acceptors (Lipinski definition) is 6. The van der Waals surface area contributed by atoms with Gasteiger partial charge in [-0.2, -0.15) is 0 Å². The van der Waals surface area contributed by atoms with Crippen LogP contribution in [0.3, 0.4) is 0 Å². The third-order valence-electron chi connectivity index (χ3n) is 6.17. The Balaban J connectivity index is 1.23. The van der Waals surface area contributed by atoms with Crippen molar-refractivity contribution >= 4 is 18.0 Å². The molecule has 0 radical (unpaired) electrons. The highest BCUT2D eigenvalue weighted by atomic mass is 16.5. The highest BCUT2D eigenvalue weighted by Crippen LogP contribution is 2.44. The van der Waals surface area contributed by atoms with Crippen LogP contribution in [0, 0.1) is 5.92 Å². The minimum Gasteiger partial charge on any atom is -0.476 e. The first kappa shape index (κ1) is 24.0. The van der Waals surface area contributed by atoms with Gasteiger partial charge in [0.2, 0.25) is 5.91 Å². The monoisotopic (exact) mass is 477 g/mol. The molecular weight excluding hydrogens is 450 g/mol. The molecule has 35 heavy (non-hydrogen) atoms. The third kappa shape index (κ3) is 5.68. The van der Waals surface area contributed by atoms with Crippen LogP contribution in [0.1, 0.15) is 53.1 Å². The molecule has 0 bridgehead atoms. The van der Waals surface area contributed by atoms with Crippen LogP contribution in [0.4, 0.5) is 4.79 Å². The van der Waals surface area contributed by atoms with Gasteiger partial charge in [-0.25, -0.2) is 9.59 Å². The molecule has 0 spiro atoms. The van der Waals surface area contributed by atoms with Gasteiger partial charge in [-0.3, -0.25) is 4.79 Å². The highest BCUT2D eigenvalue weighted by Gasteiger charge is 2.29. The lowest BCUT2D eigenvalue weighted by atomic mass is 9.98. The first-order valence-corrected chi connectivity index (χ1v) is 11.5. The van der Waals surface area contributed by atoms with Crippen LogP contribution in [0.15, 0.2) is 59.1 Å². The lowest BCUT2D eigenvalue weighted by Gasteiger charge is -2.17. The van der Waals surface area contributed by atoms with E-state index >= 15 is 0 Å². The Bertz CT molecular complexity index is 1180. The quantitative estimate of drug-likeness (QED) is 0.403. The normalized spacial score (nSPS) is 12.9. The van der Waals surface area contributed by atoms with Gasteiger partial charge in [-0.05, 0) is 28.2 Å². The molecule has 0 fully saturated rings. The zero-order valence-corrected chi connectivity index (χ0v) is 19.3. The summed E-state index contributed by atoms with van der Waals surface area (Å²) < 4.78 is 10.4. The van der Waals surface area contributed by atoms with Crippen molar-refractivity contribution in [1.82, 2.24) is 15.8 Å². The Morgan fingerprint density at radius 2 is 1.71 bits per heavy atom.